The van der Waals surface area contributed by atoms with Gasteiger partial charge in [0, 0.05) is 19.7 Å². The monoisotopic (exact) mass is 275 g/mol. The summed E-state index contributed by atoms with van der Waals surface area (Å²) in [5, 5.41) is 9.52. The van der Waals surface area contributed by atoms with E-state index in [-0.39, 0.29) is 17.9 Å². The number of nitrogens with zero attached hydrogens (tertiary/aromatic N) is 1. The molecule has 3 nitrogen and oxygen atoms in total. The highest BCUT2D eigenvalue weighted by atomic mass is 16.3. The molecule has 1 aromatic carbocycles. The van der Waals surface area contributed by atoms with E-state index in [2.05, 4.69) is 13.8 Å². The molecule has 20 heavy (non-hydrogen) atoms. The highest BCUT2D eigenvalue weighted by Gasteiger charge is 2.33. The van der Waals surface area contributed by atoms with E-state index in [0.717, 1.165) is 37.9 Å². The van der Waals surface area contributed by atoms with Gasteiger partial charge >= 0.3 is 0 Å². The lowest BCUT2D eigenvalue weighted by Crippen LogP contribution is -2.44. The van der Waals surface area contributed by atoms with E-state index in [1.807, 2.05) is 29.2 Å². The minimum atomic E-state index is 0.0423. The van der Waals surface area contributed by atoms with Gasteiger partial charge in [-0.25, -0.2) is 0 Å². The van der Waals surface area contributed by atoms with Crippen LogP contribution in [0, 0.1) is 12.3 Å². The maximum Gasteiger partial charge on any atom is 0.226 e. The van der Waals surface area contributed by atoms with Crippen LogP contribution in [0.1, 0.15) is 37.3 Å². The number of amides is 1. The van der Waals surface area contributed by atoms with E-state index >= 15 is 0 Å². The minimum Gasteiger partial charge on any atom is -0.396 e. The van der Waals surface area contributed by atoms with Crippen molar-refractivity contribution in [1.29, 1.82) is 0 Å². The predicted octanol–water partition coefficient (Wildman–Crippen LogP) is 2.55. The molecule has 0 unspecified atom stereocenters. The summed E-state index contributed by atoms with van der Waals surface area (Å²) in [5.41, 5.74) is 2.34. The van der Waals surface area contributed by atoms with Crippen molar-refractivity contribution in [1.82, 2.24) is 4.90 Å². The highest BCUT2D eigenvalue weighted by molar-refractivity contribution is 5.78. The molecular weight excluding hydrogens is 250 g/mol. The molecule has 0 aliphatic carbocycles. The molecule has 1 aliphatic rings. The molecule has 1 fully saturated rings. The van der Waals surface area contributed by atoms with Crippen molar-refractivity contribution >= 4 is 5.91 Å². The Kier molecular flexibility index (Phi) is 4.81. The Bertz CT molecular complexity index is 439. The summed E-state index contributed by atoms with van der Waals surface area (Å²) < 4.78 is 0. The molecule has 110 valence electrons. The van der Waals surface area contributed by atoms with Crippen molar-refractivity contribution in [3.05, 3.63) is 35.4 Å². The van der Waals surface area contributed by atoms with Gasteiger partial charge in [0.25, 0.3) is 0 Å². The molecule has 0 radical (unpaired) electrons. The molecule has 0 saturated carbocycles. The standard InChI is InChI=1S/C17H25NO2/c1-3-17(13-19)8-10-18(11-9-17)16(20)12-15-6-4-14(2)5-7-15/h4-7,19H,3,8-13H2,1-2H3. The van der Waals surface area contributed by atoms with Gasteiger partial charge in [0.2, 0.25) is 5.91 Å². The summed E-state index contributed by atoms with van der Waals surface area (Å²) >= 11 is 0. The van der Waals surface area contributed by atoms with Crippen LogP contribution in [-0.4, -0.2) is 35.6 Å². The van der Waals surface area contributed by atoms with Gasteiger partial charge in [0.1, 0.15) is 0 Å². The maximum absolute atomic E-state index is 12.3. The zero-order chi connectivity index (χ0) is 14.6. The molecule has 1 saturated heterocycles. The van der Waals surface area contributed by atoms with Gasteiger partial charge in [-0.2, -0.15) is 0 Å². The van der Waals surface area contributed by atoms with Crippen LogP contribution in [0.25, 0.3) is 0 Å². The van der Waals surface area contributed by atoms with Crippen LogP contribution in [0.4, 0.5) is 0 Å². The SMILES string of the molecule is CCC1(CO)CCN(C(=O)Cc2ccc(C)cc2)CC1. The number of aryl methyl sites for hydroxylation is 1. The summed E-state index contributed by atoms with van der Waals surface area (Å²) in [4.78, 5) is 14.3. The Labute approximate surface area is 121 Å². The van der Waals surface area contributed by atoms with Crippen LogP contribution < -0.4 is 0 Å². The Morgan fingerprint density at radius 3 is 2.35 bits per heavy atom. The molecule has 0 bridgehead atoms. The first-order chi connectivity index (χ1) is 9.58. The Balaban J connectivity index is 1.90. The molecular formula is C17H25NO2. The number of piperidine rings is 1. The van der Waals surface area contributed by atoms with Gasteiger partial charge in [0.05, 0.1) is 6.42 Å². The normalized spacial score (nSPS) is 18.1. The number of hydrogen-bond acceptors (Lipinski definition) is 2. The second-order valence-electron chi connectivity index (χ2n) is 6.05. The minimum absolute atomic E-state index is 0.0423. The first-order valence-corrected chi connectivity index (χ1v) is 7.53. The molecule has 1 heterocycles. The zero-order valence-electron chi connectivity index (χ0n) is 12.6. The van der Waals surface area contributed by atoms with Crippen LogP contribution in [0.15, 0.2) is 24.3 Å². The molecule has 1 aliphatic heterocycles. The fourth-order valence-electron chi connectivity index (χ4n) is 2.85. The van der Waals surface area contributed by atoms with Gasteiger partial charge in [-0.3, -0.25) is 4.79 Å². The number of carbonyl (C=O) groups is 1. The average molecular weight is 275 g/mol. The van der Waals surface area contributed by atoms with Crippen LogP contribution in [0.3, 0.4) is 0 Å². The quantitative estimate of drug-likeness (QED) is 0.917. The third-order valence-corrected chi connectivity index (χ3v) is 4.74. The van der Waals surface area contributed by atoms with Gasteiger partial charge in [-0.05, 0) is 37.2 Å². The Morgan fingerprint density at radius 1 is 1.25 bits per heavy atom. The topological polar surface area (TPSA) is 40.5 Å². The number of aliphatic hydroxyl groups excluding tert-OH is 1. The summed E-state index contributed by atoms with van der Waals surface area (Å²) in [5.74, 6) is 0.205. The lowest BCUT2D eigenvalue weighted by Gasteiger charge is -2.40. The fraction of sp³-hybridized carbons (Fsp3) is 0.588. The number of hydrogen-bond donors (Lipinski definition) is 1. The second kappa shape index (κ2) is 6.40. The maximum atomic E-state index is 12.3. The largest absolute Gasteiger partial charge is 0.396 e. The van der Waals surface area contributed by atoms with Gasteiger partial charge < -0.3 is 10.0 Å². The van der Waals surface area contributed by atoms with Crippen LogP contribution in [0.5, 0.6) is 0 Å². The van der Waals surface area contributed by atoms with Gasteiger partial charge in [-0.1, -0.05) is 36.8 Å². The predicted molar refractivity (Wildman–Crippen MR) is 80.5 cm³/mol. The third-order valence-electron chi connectivity index (χ3n) is 4.74. The van der Waals surface area contributed by atoms with Gasteiger partial charge in [0.15, 0.2) is 0 Å². The Morgan fingerprint density at radius 2 is 1.85 bits per heavy atom. The number of aliphatic hydroxyl groups is 1. The van der Waals surface area contributed by atoms with Gasteiger partial charge in [-0.15, -0.1) is 0 Å². The highest BCUT2D eigenvalue weighted by Crippen LogP contribution is 2.34. The molecule has 1 amide bonds. The van der Waals surface area contributed by atoms with Crippen molar-refractivity contribution in [2.75, 3.05) is 19.7 Å². The van der Waals surface area contributed by atoms with E-state index < -0.39 is 0 Å². The van der Waals surface area contributed by atoms with E-state index in [1.54, 1.807) is 0 Å². The summed E-state index contributed by atoms with van der Waals surface area (Å²) in [6.07, 6.45) is 3.31. The zero-order valence-corrected chi connectivity index (χ0v) is 12.6. The van der Waals surface area contributed by atoms with E-state index in [0.29, 0.717) is 6.42 Å². The number of likely N-dealkylation sites (tertiary alicyclic amines) is 1. The smallest absolute Gasteiger partial charge is 0.226 e. The second-order valence-corrected chi connectivity index (χ2v) is 6.05. The summed E-state index contributed by atoms with van der Waals surface area (Å²) in [7, 11) is 0. The fourth-order valence-corrected chi connectivity index (χ4v) is 2.85. The molecule has 3 heteroatoms. The van der Waals surface area contributed by atoms with Crippen LogP contribution in [0.2, 0.25) is 0 Å². The first kappa shape index (κ1) is 15.0. The van der Waals surface area contributed by atoms with E-state index in [1.165, 1.54) is 5.56 Å². The van der Waals surface area contributed by atoms with Crippen LogP contribution in [-0.2, 0) is 11.2 Å². The molecule has 0 spiro atoms. The lowest BCUT2D eigenvalue weighted by molar-refractivity contribution is -0.133. The van der Waals surface area contributed by atoms with Crippen LogP contribution >= 0.6 is 0 Å². The van der Waals surface area contributed by atoms with Crippen molar-refractivity contribution in [3.63, 3.8) is 0 Å². The molecule has 0 aromatic heterocycles. The van der Waals surface area contributed by atoms with Crippen molar-refractivity contribution in [2.45, 2.75) is 39.5 Å². The molecule has 1 N–H and O–H groups in total. The summed E-state index contributed by atoms with van der Waals surface area (Å²) in [6.45, 7) is 5.97. The molecule has 0 atom stereocenters. The number of carbonyl (C=O) groups excluding carboxylic acids is 1. The number of rotatable bonds is 4. The van der Waals surface area contributed by atoms with Crippen molar-refractivity contribution in [2.24, 2.45) is 5.41 Å². The number of benzene rings is 1. The summed E-state index contributed by atoms with van der Waals surface area (Å²) in [6, 6.07) is 8.15. The molecule has 2 rings (SSSR count). The molecule has 1 aromatic rings. The first-order valence-electron chi connectivity index (χ1n) is 7.53. The lowest BCUT2D eigenvalue weighted by atomic mass is 9.77. The van der Waals surface area contributed by atoms with E-state index in [4.69, 9.17) is 0 Å². The van der Waals surface area contributed by atoms with Crippen molar-refractivity contribution in [3.8, 4) is 0 Å². The Hall–Kier alpha value is -1.35. The van der Waals surface area contributed by atoms with E-state index in [9.17, 15) is 9.90 Å². The average Bonchev–Trinajstić information content (AvgIpc) is 2.49. The third kappa shape index (κ3) is 3.40. The van der Waals surface area contributed by atoms with Crippen molar-refractivity contribution < 1.29 is 9.90 Å².